The Balaban J connectivity index is 1.62. The Morgan fingerprint density at radius 3 is 2.66 bits per heavy atom. The van der Waals surface area contributed by atoms with Gasteiger partial charge >= 0.3 is 0 Å². The van der Waals surface area contributed by atoms with E-state index in [2.05, 4.69) is 48.7 Å². The Kier molecular flexibility index (Phi) is 7.03. The first-order valence-corrected chi connectivity index (χ1v) is 12.6. The molecule has 162 valence electrons. The summed E-state index contributed by atoms with van der Waals surface area (Å²) in [6.07, 6.45) is 2.18. The number of aromatic nitrogens is 2. The molecule has 0 aliphatic carbocycles. The van der Waals surface area contributed by atoms with Gasteiger partial charge in [-0.15, -0.1) is 11.3 Å². The number of ketones is 1. The molecule has 1 N–H and O–H groups in total. The Morgan fingerprint density at radius 1 is 1.16 bits per heavy atom. The van der Waals surface area contributed by atoms with Crippen LogP contribution in [0.15, 0.2) is 69.7 Å². The van der Waals surface area contributed by atoms with E-state index < -0.39 is 0 Å². The van der Waals surface area contributed by atoms with Crippen molar-refractivity contribution < 1.29 is 9.59 Å². The van der Waals surface area contributed by atoms with Gasteiger partial charge in [-0.05, 0) is 43.2 Å². The second kappa shape index (κ2) is 9.94. The molecule has 0 saturated carbocycles. The number of carbonyl (C=O) groups is 2. The number of carbonyl (C=O) groups excluding carboxylic acids is 2. The highest BCUT2D eigenvalue weighted by molar-refractivity contribution is 9.10. The minimum Gasteiger partial charge on any atom is -0.325 e. The van der Waals surface area contributed by atoms with Gasteiger partial charge in [0, 0.05) is 26.7 Å². The van der Waals surface area contributed by atoms with Crippen LogP contribution in [0.3, 0.4) is 0 Å². The van der Waals surface area contributed by atoms with E-state index in [4.69, 9.17) is 0 Å². The number of fused-ring (bicyclic) bond motifs is 1. The zero-order chi connectivity index (χ0) is 22.7. The number of anilines is 1. The molecule has 0 fully saturated rings. The van der Waals surface area contributed by atoms with Gasteiger partial charge in [-0.3, -0.25) is 9.59 Å². The first-order chi connectivity index (χ1) is 15.5. The molecular formula is C24H20BrN3O2S2. The number of Topliss-reactive ketones (excluding diaryl/α,β-unsaturated/α-hetero) is 1. The molecule has 1 amide bonds. The van der Waals surface area contributed by atoms with Gasteiger partial charge in [0.2, 0.25) is 5.91 Å². The van der Waals surface area contributed by atoms with Crippen molar-refractivity contribution in [3.8, 4) is 11.1 Å². The van der Waals surface area contributed by atoms with Gasteiger partial charge in [0.1, 0.15) is 16.2 Å². The lowest BCUT2D eigenvalue weighted by molar-refractivity contribution is -0.115. The fourth-order valence-electron chi connectivity index (χ4n) is 3.27. The number of halogens is 1. The maximum absolute atomic E-state index is 13.0. The summed E-state index contributed by atoms with van der Waals surface area (Å²) in [7, 11) is 0. The van der Waals surface area contributed by atoms with Crippen LogP contribution in [0, 0.1) is 0 Å². The SMILES string of the molecule is CCC(Sc1ncnc2scc(-c3ccc(Br)cc3)c12)C(=O)Nc1cccc(C(C)=O)c1. The van der Waals surface area contributed by atoms with E-state index >= 15 is 0 Å². The van der Waals surface area contributed by atoms with Gasteiger partial charge in [-0.1, -0.05) is 58.9 Å². The van der Waals surface area contributed by atoms with E-state index in [-0.39, 0.29) is 16.9 Å². The number of hydrogen-bond donors (Lipinski definition) is 1. The molecule has 32 heavy (non-hydrogen) atoms. The van der Waals surface area contributed by atoms with Gasteiger partial charge in [-0.2, -0.15) is 0 Å². The Labute approximate surface area is 202 Å². The third-order valence-corrected chi connectivity index (χ3v) is 7.72. The van der Waals surface area contributed by atoms with E-state index in [0.717, 1.165) is 30.8 Å². The lowest BCUT2D eigenvalue weighted by Crippen LogP contribution is -2.24. The lowest BCUT2D eigenvalue weighted by atomic mass is 10.1. The molecule has 0 radical (unpaired) electrons. The third-order valence-electron chi connectivity index (χ3n) is 4.94. The standard InChI is InChI=1S/C24H20BrN3O2S2/c1-3-20(22(30)28-18-6-4-5-16(11-18)14(2)29)32-24-21-19(12-31-23(21)26-13-27-24)15-7-9-17(25)10-8-15/h4-13,20H,3H2,1-2H3,(H,28,30). The van der Waals surface area contributed by atoms with Gasteiger partial charge in [0.15, 0.2) is 5.78 Å². The summed E-state index contributed by atoms with van der Waals surface area (Å²) in [5, 5.41) is 6.44. The fourth-order valence-corrected chi connectivity index (χ4v) is 5.55. The van der Waals surface area contributed by atoms with E-state index in [1.54, 1.807) is 41.9 Å². The van der Waals surface area contributed by atoms with Crippen LogP contribution in [0.5, 0.6) is 0 Å². The van der Waals surface area contributed by atoms with Crippen molar-refractivity contribution >= 4 is 66.6 Å². The zero-order valence-electron chi connectivity index (χ0n) is 17.5. The summed E-state index contributed by atoms with van der Waals surface area (Å²) in [5.74, 6) is -0.158. The fraction of sp³-hybridized carbons (Fsp3) is 0.167. The van der Waals surface area contributed by atoms with Gasteiger partial charge in [-0.25, -0.2) is 9.97 Å². The number of nitrogens with one attached hydrogen (secondary N) is 1. The molecule has 2 heterocycles. The summed E-state index contributed by atoms with van der Waals surface area (Å²) in [4.78, 5) is 34.5. The molecule has 1 atom stereocenters. The molecule has 2 aromatic heterocycles. The highest BCUT2D eigenvalue weighted by Gasteiger charge is 2.22. The molecule has 0 saturated heterocycles. The molecule has 5 nitrogen and oxygen atoms in total. The lowest BCUT2D eigenvalue weighted by Gasteiger charge is -2.15. The van der Waals surface area contributed by atoms with Crippen LogP contribution in [0.4, 0.5) is 5.69 Å². The molecule has 8 heteroatoms. The minimum absolute atomic E-state index is 0.0381. The second-order valence-electron chi connectivity index (χ2n) is 7.16. The number of hydrogen-bond acceptors (Lipinski definition) is 6. The topological polar surface area (TPSA) is 72.0 Å². The predicted molar refractivity (Wildman–Crippen MR) is 136 cm³/mol. The van der Waals surface area contributed by atoms with Crippen LogP contribution in [-0.4, -0.2) is 26.9 Å². The van der Waals surface area contributed by atoms with E-state index in [1.165, 1.54) is 18.7 Å². The monoisotopic (exact) mass is 525 g/mol. The average Bonchev–Trinajstić information content (AvgIpc) is 3.23. The van der Waals surface area contributed by atoms with E-state index in [9.17, 15) is 9.59 Å². The predicted octanol–water partition coefficient (Wildman–Crippen LogP) is 6.83. The van der Waals surface area contributed by atoms with Crippen LogP contribution in [0.25, 0.3) is 21.3 Å². The van der Waals surface area contributed by atoms with Gasteiger partial charge in [0.05, 0.1) is 10.6 Å². The Morgan fingerprint density at radius 2 is 1.94 bits per heavy atom. The maximum atomic E-state index is 13.0. The first-order valence-electron chi connectivity index (χ1n) is 10.0. The average molecular weight is 526 g/mol. The molecule has 2 aromatic carbocycles. The van der Waals surface area contributed by atoms with E-state index in [0.29, 0.717) is 17.7 Å². The van der Waals surface area contributed by atoms with Crippen molar-refractivity contribution in [3.05, 3.63) is 70.3 Å². The largest absolute Gasteiger partial charge is 0.325 e. The quantitative estimate of drug-likeness (QED) is 0.162. The number of rotatable bonds is 7. The zero-order valence-corrected chi connectivity index (χ0v) is 20.7. The third kappa shape index (κ3) is 4.92. The summed E-state index contributed by atoms with van der Waals surface area (Å²) in [6, 6.07) is 15.1. The van der Waals surface area contributed by atoms with Crippen LogP contribution in [-0.2, 0) is 4.79 Å². The van der Waals surface area contributed by atoms with Crippen molar-refractivity contribution in [2.45, 2.75) is 30.5 Å². The first kappa shape index (κ1) is 22.6. The Bertz CT molecular complexity index is 1290. The molecule has 0 aliphatic rings. The highest BCUT2D eigenvalue weighted by atomic mass is 79.9. The van der Waals surface area contributed by atoms with E-state index in [1.807, 2.05) is 19.1 Å². The van der Waals surface area contributed by atoms with Crippen LogP contribution >= 0.6 is 39.0 Å². The van der Waals surface area contributed by atoms with Crippen LogP contribution in [0.2, 0.25) is 0 Å². The molecule has 4 rings (SSSR count). The molecule has 0 aliphatic heterocycles. The summed E-state index contributed by atoms with van der Waals surface area (Å²) < 4.78 is 1.02. The molecule has 1 unspecified atom stereocenters. The Hall–Kier alpha value is -2.55. The normalized spacial score (nSPS) is 12.0. The number of benzene rings is 2. The highest BCUT2D eigenvalue weighted by Crippen LogP contribution is 2.39. The van der Waals surface area contributed by atoms with Gasteiger partial charge < -0.3 is 5.32 Å². The molecular weight excluding hydrogens is 506 g/mol. The summed E-state index contributed by atoms with van der Waals surface area (Å²) in [6.45, 7) is 3.49. The number of amides is 1. The second-order valence-corrected chi connectivity index (χ2v) is 10.1. The molecule has 0 spiro atoms. The van der Waals surface area contributed by atoms with Crippen molar-refractivity contribution in [2.75, 3.05) is 5.32 Å². The van der Waals surface area contributed by atoms with Crippen molar-refractivity contribution in [1.82, 2.24) is 9.97 Å². The van der Waals surface area contributed by atoms with Gasteiger partial charge in [0.25, 0.3) is 0 Å². The number of thioether (sulfide) groups is 1. The smallest absolute Gasteiger partial charge is 0.237 e. The van der Waals surface area contributed by atoms with Crippen LogP contribution < -0.4 is 5.32 Å². The summed E-state index contributed by atoms with van der Waals surface area (Å²) >= 11 is 6.49. The molecule has 4 aromatic rings. The number of thiophene rings is 1. The van der Waals surface area contributed by atoms with Crippen molar-refractivity contribution in [2.24, 2.45) is 0 Å². The summed E-state index contributed by atoms with van der Waals surface area (Å²) in [5.41, 5.74) is 3.32. The van der Waals surface area contributed by atoms with Crippen molar-refractivity contribution in [1.29, 1.82) is 0 Å². The van der Waals surface area contributed by atoms with Crippen molar-refractivity contribution in [3.63, 3.8) is 0 Å². The van der Waals surface area contributed by atoms with Crippen LogP contribution in [0.1, 0.15) is 30.6 Å². The number of nitrogens with zero attached hydrogens (tertiary/aromatic N) is 2. The minimum atomic E-state index is -0.341. The maximum Gasteiger partial charge on any atom is 0.237 e. The molecule has 0 bridgehead atoms.